The third-order valence-electron chi connectivity index (χ3n) is 4.99. The van der Waals surface area contributed by atoms with Crippen LogP contribution in [0.1, 0.15) is 56.7 Å². The Labute approximate surface area is 123 Å². The van der Waals surface area contributed by atoms with Crippen molar-refractivity contribution in [2.75, 3.05) is 26.2 Å². The van der Waals surface area contributed by atoms with Crippen molar-refractivity contribution in [2.24, 2.45) is 0 Å². The SMILES string of the molecule is CCN1CCN(C(C)C)C(c2ccccc2C2CC2)C1. The normalized spacial score (nSPS) is 25.3. The molecule has 110 valence electrons. The van der Waals surface area contributed by atoms with Crippen molar-refractivity contribution in [3.8, 4) is 0 Å². The Morgan fingerprint density at radius 1 is 1.10 bits per heavy atom. The lowest BCUT2D eigenvalue weighted by molar-refractivity contribution is 0.0530. The number of hydrogen-bond donors (Lipinski definition) is 0. The second kappa shape index (κ2) is 5.87. The first-order chi connectivity index (χ1) is 9.70. The van der Waals surface area contributed by atoms with E-state index in [9.17, 15) is 0 Å². The molecule has 1 unspecified atom stereocenters. The number of nitrogens with zero attached hydrogens (tertiary/aromatic N) is 2. The fraction of sp³-hybridized carbons (Fsp3) is 0.667. The monoisotopic (exact) mass is 272 g/mol. The van der Waals surface area contributed by atoms with Gasteiger partial charge >= 0.3 is 0 Å². The third-order valence-corrected chi connectivity index (χ3v) is 4.99. The molecule has 0 spiro atoms. The second-order valence-electron chi connectivity index (χ2n) is 6.64. The Hall–Kier alpha value is -0.860. The van der Waals surface area contributed by atoms with Crippen LogP contribution in [-0.2, 0) is 0 Å². The Kier molecular flexibility index (Phi) is 4.13. The van der Waals surface area contributed by atoms with E-state index in [2.05, 4.69) is 54.8 Å². The minimum atomic E-state index is 0.584. The molecule has 1 heterocycles. The Balaban J connectivity index is 1.91. The fourth-order valence-electron chi connectivity index (χ4n) is 3.62. The summed E-state index contributed by atoms with van der Waals surface area (Å²) in [5.74, 6) is 0.845. The van der Waals surface area contributed by atoms with E-state index in [0.717, 1.165) is 5.92 Å². The zero-order valence-electron chi connectivity index (χ0n) is 13.2. The average Bonchev–Trinajstić information content (AvgIpc) is 3.31. The van der Waals surface area contributed by atoms with E-state index in [-0.39, 0.29) is 0 Å². The summed E-state index contributed by atoms with van der Waals surface area (Å²) < 4.78 is 0. The number of rotatable bonds is 4. The van der Waals surface area contributed by atoms with E-state index in [1.807, 2.05) is 0 Å². The molecule has 1 atom stereocenters. The summed E-state index contributed by atoms with van der Waals surface area (Å²) in [7, 11) is 0. The summed E-state index contributed by atoms with van der Waals surface area (Å²) in [5.41, 5.74) is 3.22. The number of likely N-dealkylation sites (N-methyl/N-ethyl adjacent to an activating group) is 1. The van der Waals surface area contributed by atoms with E-state index < -0.39 is 0 Å². The molecule has 1 saturated carbocycles. The van der Waals surface area contributed by atoms with Crippen LogP contribution >= 0.6 is 0 Å². The highest BCUT2D eigenvalue weighted by Gasteiger charge is 2.33. The molecule has 1 aromatic rings. The van der Waals surface area contributed by atoms with E-state index in [0.29, 0.717) is 12.1 Å². The quantitative estimate of drug-likeness (QED) is 0.825. The number of hydrogen-bond acceptors (Lipinski definition) is 2. The summed E-state index contributed by atoms with van der Waals surface area (Å²) in [6.45, 7) is 11.8. The van der Waals surface area contributed by atoms with Gasteiger partial charge in [-0.3, -0.25) is 4.90 Å². The molecule has 2 aliphatic rings. The molecule has 0 radical (unpaired) electrons. The summed E-state index contributed by atoms with van der Waals surface area (Å²) in [6.07, 6.45) is 2.78. The highest BCUT2D eigenvalue weighted by atomic mass is 15.3. The van der Waals surface area contributed by atoms with Crippen LogP contribution in [0.3, 0.4) is 0 Å². The van der Waals surface area contributed by atoms with Crippen LogP contribution in [0.15, 0.2) is 24.3 Å². The van der Waals surface area contributed by atoms with Gasteiger partial charge in [0.25, 0.3) is 0 Å². The zero-order chi connectivity index (χ0) is 14.1. The minimum absolute atomic E-state index is 0.584. The molecular formula is C18H28N2. The van der Waals surface area contributed by atoms with Crippen LogP contribution in [0.25, 0.3) is 0 Å². The van der Waals surface area contributed by atoms with Gasteiger partial charge in [-0.1, -0.05) is 31.2 Å². The van der Waals surface area contributed by atoms with Gasteiger partial charge in [0.1, 0.15) is 0 Å². The van der Waals surface area contributed by atoms with Crippen LogP contribution in [0, 0.1) is 0 Å². The lowest BCUT2D eigenvalue weighted by atomic mass is 9.93. The summed E-state index contributed by atoms with van der Waals surface area (Å²) in [5, 5.41) is 0. The maximum atomic E-state index is 2.70. The molecule has 1 saturated heterocycles. The molecule has 0 aromatic heterocycles. The van der Waals surface area contributed by atoms with Gasteiger partial charge in [-0.25, -0.2) is 0 Å². The minimum Gasteiger partial charge on any atom is -0.300 e. The fourth-order valence-corrected chi connectivity index (χ4v) is 3.62. The maximum Gasteiger partial charge on any atom is 0.0481 e. The van der Waals surface area contributed by atoms with Gasteiger partial charge in [0.05, 0.1) is 0 Å². The Morgan fingerprint density at radius 2 is 1.80 bits per heavy atom. The van der Waals surface area contributed by atoms with Crippen molar-refractivity contribution in [1.29, 1.82) is 0 Å². The van der Waals surface area contributed by atoms with Crippen LogP contribution < -0.4 is 0 Å². The second-order valence-corrected chi connectivity index (χ2v) is 6.64. The zero-order valence-corrected chi connectivity index (χ0v) is 13.2. The van der Waals surface area contributed by atoms with E-state index in [1.165, 1.54) is 39.0 Å². The van der Waals surface area contributed by atoms with Gasteiger partial charge in [-0.2, -0.15) is 0 Å². The van der Waals surface area contributed by atoms with Crippen LogP contribution in [0.4, 0.5) is 0 Å². The van der Waals surface area contributed by atoms with Gasteiger partial charge in [0.15, 0.2) is 0 Å². The molecule has 2 fully saturated rings. The van der Waals surface area contributed by atoms with Gasteiger partial charge in [-0.05, 0) is 50.3 Å². The van der Waals surface area contributed by atoms with E-state index in [1.54, 1.807) is 11.1 Å². The van der Waals surface area contributed by atoms with Gasteiger partial charge < -0.3 is 4.90 Å². The van der Waals surface area contributed by atoms with Crippen molar-refractivity contribution in [3.63, 3.8) is 0 Å². The van der Waals surface area contributed by atoms with Gasteiger partial charge in [0.2, 0.25) is 0 Å². The number of piperazine rings is 1. The lowest BCUT2D eigenvalue weighted by Gasteiger charge is -2.44. The van der Waals surface area contributed by atoms with E-state index >= 15 is 0 Å². The molecule has 0 amide bonds. The Bertz CT molecular complexity index is 450. The maximum absolute atomic E-state index is 2.70. The topological polar surface area (TPSA) is 6.48 Å². The highest BCUT2D eigenvalue weighted by molar-refractivity contribution is 5.36. The predicted octanol–water partition coefficient (Wildman–Crippen LogP) is 3.65. The lowest BCUT2D eigenvalue weighted by Crippen LogP contribution is -2.50. The van der Waals surface area contributed by atoms with E-state index in [4.69, 9.17) is 0 Å². The molecule has 1 aromatic carbocycles. The first-order valence-corrected chi connectivity index (χ1v) is 8.27. The van der Waals surface area contributed by atoms with Crippen LogP contribution in [0.5, 0.6) is 0 Å². The number of benzene rings is 1. The largest absolute Gasteiger partial charge is 0.300 e. The first-order valence-electron chi connectivity index (χ1n) is 8.27. The van der Waals surface area contributed by atoms with Gasteiger partial charge in [0, 0.05) is 31.7 Å². The molecule has 2 heteroatoms. The van der Waals surface area contributed by atoms with Crippen molar-refractivity contribution in [3.05, 3.63) is 35.4 Å². The molecule has 3 rings (SSSR count). The molecule has 20 heavy (non-hydrogen) atoms. The third kappa shape index (κ3) is 2.77. The van der Waals surface area contributed by atoms with Crippen LogP contribution in [-0.4, -0.2) is 42.0 Å². The summed E-state index contributed by atoms with van der Waals surface area (Å²) in [4.78, 5) is 5.31. The molecule has 1 aliphatic heterocycles. The van der Waals surface area contributed by atoms with Crippen molar-refractivity contribution >= 4 is 0 Å². The summed E-state index contributed by atoms with van der Waals surface area (Å²) in [6, 6.07) is 10.4. The van der Waals surface area contributed by atoms with Crippen molar-refractivity contribution in [2.45, 2.75) is 51.6 Å². The highest BCUT2D eigenvalue weighted by Crippen LogP contribution is 2.44. The van der Waals surface area contributed by atoms with Crippen LogP contribution in [0.2, 0.25) is 0 Å². The molecule has 0 N–H and O–H groups in total. The average molecular weight is 272 g/mol. The first kappa shape index (κ1) is 14.1. The molecule has 1 aliphatic carbocycles. The van der Waals surface area contributed by atoms with Crippen molar-refractivity contribution in [1.82, 2.24) is 9.80 Å². The van der Waals surface area contributed by atoms with Gasteiger partial charge in [-0.15, -0.1) is 0 Å². The standard InChI is InChI=1S/C18H28N2/c1-4-19-11-12-20(14(2)3)18(13-19)17-8-6-5-7-16(17)15-9-10-15/h5-8,14-15,18H,4,9-13H2,1-3H3. The molecule has 0 bridgehead atoms. The molecule has 2 nitrogen and oxygen atoms in total. The molecular weight excluding hydrogens is 244 g/mol. The van der Waals surface area contributed by atoms with Crippen molar-refractivity contribution < 1.29 is 0 Å². The Morgan fingerprint density at radius 3 is 2.40 bits per heavy atom. The smallest absolute Gasteiger partial charge is 0.0481 e. The summed E-state index contributed by atoms with van der Waals surface area (Å²) >= 11 is 0. The predicted molar refractivity (Wildman–Crippen MR) is 85.1 cm³/mol.